The number of halogens is 2. The number of aromatic nitrogens is 4. The van der Waals surface area contributed by atoms with Crippen LogP contribution in [0.3, 0.4) is 0 Å². The molecule has 0 unspecified atom stereocenters. The first-order valence-electron chi connectivity index (χ1n) is 16.5. The molecule has 2 aromatic heterocycles. The number of ether oxygens (including phenoxy) is 3. The average Bonchev–Trinajstić information content (AvgIpc) is 3.46. The van der Waals surface area contributed by atoms with Crippen LogP contribution in [0, 0.1) is 35.3 Å². The molecular weight excluding hydrogens is 642 g/mol. The molecule has 2 aliphatic rings. The number of aryl methyl sites for hydroxylation is 2. The lowest BCUT2D eigenvalue weighted by atomic mass is 9.82. The number of nitrogens with zero attached hydrogens (tertiary/aromatic N) is 4. The maximum Gasteiger partial charge on any atom is 0.328 e. The highest BCUT2D eigenvalue weighted by Gasteiger charge is 2.29. The van der Waals surface area contributed by atoms with Gasteiger partial charge in [-0.05, 0) is 63.2 Å². The fourth-order valence-corrected chi connectivity index (χ4v) is 7.33. The van der Waals surface area contributed by atoms with Crippen molar-refractivity contribution in [2.45, 2.75) is 64.5 Å². The summed E-state index contributed by atoms with van der Waals surface area (Å²) in [5.41, 5.74) is 2.02. The topological polar surface area (TPSA) is 136 Å². The minimum absolute atomic E-state index is 0.0420. The predicted octanol–water partition coefficient (Wildman–Crippen LogP) is 4.85. The smallest absolute Gasteiger partial charge is 0.328 e. The third kappa shape index (κ3) is 7.23. The number of methoxy groups -OCH3 is 3. The van der Waals surface area contributed by atoms with Gasteiger partial charge in [0.15, 0.2) is 23.1 Å². The Kier molecular flexibility index (Phi) is 10.8. The van der Waals surface area contributed by atoms with Crippen LogP contribution in [-0.2, 0) is 41.5 Å². The Bertz CT molecular complexity index is 1960. The molecule has 1 N–H and O–H groups in total. The van der Waals surface area contributed by atoms with Crippen molar-refractivity contribution in [2.24, 2.45) is 37.8 Å². The molecule has 0 amide bonds. The van der Waals surface area contributed by atoms with Crippen molar-refractivity contribution in [3.05, 3.63) is 56.9 Å². The van der Waals surface area contributed by atoms with Gasteiger partial charge in [-0.3, -0.25) is 27.9 Å². The number of carboxylic acid groups (broad SMARTS) is 1. The fraction of sp³-hybridized carbons (Fsp3) is 0.543. The van der Waals surface area contributed by atoms with Gasteiger partial charge in [-0.1, -0.05) is 0 Å². The molecule has 2 aliphatic carbocycles. The highest BCUT2D eigenvalue weighted by atomic mass is 19.1. The summed E-state index contributed by atoms with van der Waals surface area (Å²) in [4.78, 5) is 47.8. The van der Waals surface area contributed by atoms with Gasteiger partial charge in [-0.15, -0.1) is 0 Å². The Morgan fingerprint density at radius 1 is 0.673 bits per heavy atom. The van der Waals surface area contributed by atoms with Gasteiger partial charge in [-0.25, -0.2) is 18.4 Å². The molecule has 0 radical (unpaired) electrons. The zero-order valence-corrected chi connectivity index (χ0v) is 28.5. The summed E-state index contributed by atoms with van der Waals surface area (Å²) < 4.78 is 49.0. The third-order valence-electron chi connectivity index (χ3n) is 10.3. The van der Waals surface area contributed by atoms with Crippen LogP contribution in [0.5, 0.6) is 11.5 Å². The Morgan fingerprint density at radius 2 is 1.06 bits per heavy atom. The van der Waals surface area contributed by atoms with E-state index >= 15 is 0 Å². The van der Waals surface area contributed by atoms with E-state index in [1.807, 2.05) is 0 Å². The molecule has 14 heteroatoms. The Balaban J connectivity index is 0.000000191. The molecule has 2 aromatic carbocycles. The zero-order valence-electron chi connectivity index (χ0n) is 28.5. The molecule has 0 saturated heterocycles. The van der Waals surface area contributed by atoms with Gasteiger partial charge in [0, 0.05) is 51.5 Å². The molecule has 6 rings (SSSR count). The molecule has 2 saturated carbocycles. The molecular formula is C35H44F2N4O8. The number of hydrogen-bond donors (Lipinski definition) is 1. The van der Waals surface area contributed by atoms with Crippen LogP contribution in [0.15, 0.2) is 33.9 Å². The molecule has 4 aromatic rings. The molecule has 0 atom stereocenters. The Hall–Kier alpha value is -4.62. The largest absolute Gasteiger partial charge is 0.494 e. The molecule has 49 heavy (non-hydrogen) atoms. The summed E-state index contributed by atoms with van der Waals surface area (Å²) in [5, 5.41) is 9.08. The number of aliphatic carboxylic acids is 1. The Morgan fingerprint density at radius 3 is 1.41 bits per heavy atom. The van der Waals surface area contributed by atoms with Crippen molar-refractivity contribution in [3.8, 4) is 11.5 Å². The minimum atomic E-state index is -0.740. The van der Waals surface area contributed by atoms with E-state index in [2.05, 4.69) is 0 Å². The number of carboxylic acids is 1. The number of benzene rings is 2. The van der Waals surface area contributed by atoms with E-state index < -0.39 is 17.6 Å². The number of hydrogen-bond acceptors (Lipinski definition) is 7. The molecule has 266 valence electrons. The van der Waals surface area contributed by atoms with Crippen LogP contribution in [0.2, 0.25) is 0 Å². The van der Waals surface area contributed by atoms with Gasteiger partial charge in [0.25, 0.3) is 0 Å². The maximum absolute atomic E-state index is 14.0. The Labute approximate surface area is 281 Å². The normalized spacial score (nSPS) is 20.9. The average molecular weight is 687 g/mol. The summed E-state index contributed by atoms with van der Waals surface area (Å²) in [7, 11) is 7.47. The summed E-state index contributed by atoms with van der Waals surface area (Å²) in [5.74, 6) is -1.41. The molecule has 0 spiro atoms. The number of fused-ring (bicyclic) bond motifs is 2. The summed E-state index contributed by atoms with van der Waals surface area (Å²) >= 11 is 0. The van der Waals surface area contributed by atoms with E-state index in [4.69, 9.17) is 19.3 Å². The lowest BCUT2D eigenvalue weighted by Crippen LogP contribution is -2.29. The van der Waals surface area contributed by atoms with E-state index in [-0.39, 0.29) is 46.6 Å². The number of carbonyl (C=O) groups is 2. The van der Waals surface area contributed by atoms with Gasteiger partial charge in [-0.2, -0.15) is 0 Å². The zero-order chi connectivity index (χ0) is 35.6. The van der Waals surface area contributed by atoms with Crippen LogP contribution >= 0.6 is 0 Å². The highest BCUT2D eigenvalue weighted by Crippen LogP contribution is 2.33. The monoisotopic (exact) mass is 686 g/mol. The van der Waals surface area contributed by atoms with Gasteiger partial charge in [0.1, 0.15) is 0 Å². The number of esters is 1. The third-order valence-corrected chi connectivity index (χ3v) is 10.3. The minimum Gasteiger partial charge on any atom is -0.494 e. The van der Waals surface area contributed by atoms with Gasteiger partial charge in [0.05, 0.1) is 55.2 Å². The van der Waals surface area contributed by atoms with Crippen molar-refractivity contribution in [1.82, 2.24) is 18.3 Å². The van der Waals surface area contributed by atoms with Crippen LogP contribution in [0.4, 0.5) is 8.78 Å². The molecule has 2 fully saturated rings. The van der Waals surface area contributed by atoms with Crippen LogP contribution < -0.4 is 20.9 Å². The lowest BCUT2D eigenvalue weighted by molar-refractivity contribution is -0.147. The number of rotatable bonds is 8. The van der Waals surface area contributed by atoms with Crippen molar-refractivity contribution in [1.29, 1.82) is 0 Å². The first kappa shape index (κ1) is 35.7. The van der Waals surface area contributed by atoms with Crippen molar-refractivity contribution < 1.29 is 37.7 Å². The SMILES string of the molecule is COC(=O)C1CCC(Cn2c(=O)n(C)c3cc(F)c(OC)cc32)CC1.COc1cc2c(cc1F)n(C)c(=O)n2CC1CCC(C(=O)O)CC1. The highest BCUT2D eigenvalue weighted by molar-refractivity contribution is 5.79. The molecule has 0 aliphatic heterocycles. The van der Waals surface area contributed by atoms with E-state index in [9.17, 15) is 28.0 Å². The van der Waals surface area contributed by atoms with Crippen molar-refractivity contribution in [2.75, 3.05) is 21.3 Å². The van der Waals surface area contributed by atoms with Gasteiger partial charge < -0.3 is 19.3 Å². The lowest BCUT2D eigenvalue weighted by Gasteiger charge is -2.27. The van der Waals surface area contributed by atoms with Gasteiger partial charge >= 0.3 is 23.3 Å². The van der Waals surface area contributed by atoms with E-state index in [1.165, 1.54) is 42.6 Å². The first-order chi connectivity index (χ1) is 23.4. The van der Waals surface area contributed by atoms with E-state index in [0.717, 1.165) is 38.5 Å². The van der Waals surface area contributed by atoms with Crippen molar-refractivity contribution in [3.63, 3.8) is 0 Å². The fourth-order valence-electron chi connectivity index (χ4n) is 7.33. The standard InChI is InChI=1S/C18H23FN2O4.C17H21FN2O4/c1-20-14-8-13(19)16(24-2)9-15(14)21(18(20)23)10-11-4-6-12(7-5-11)17(22)25-3;1-19-13-7-12(18)15(24-2)8-14(13)20(17(19)23)9-10-3-5-11(6-4-10)16(21)22/h8-9,11-12H,4-7,10H2,1-3H3;7-8,10-11H,3-6,9H2,1-2H3,(H,21,22). The molecule has 2 heterocycles. The van der Waals surface area contributed by atoms with Gasteiger partial charge in [0.2, 0.25) is 0 Å². The maximum atomic E-state index is 14.0. The summed E-state index contributed by atoms with van der Waals surface area (Å²) in [6.45, 7) is 1.07. The van der Waals surface area contributed by atoms with Crippen molar-refractivity contribution >= 4 is 34.0 Å². The van der Waals surface area contributed by atoms with E-state index in [1.54, 1.807) is 35.4 Å². The summed E-state index contributed by atoms with van der Waals surface area (Å²) in [6, 6.07) is 5.77. The van der Waals surface area contributed by atoms with E-state index in [0.29, 0.717) is 53.9 Å². The van der Waals surface area contributed by atoms with Crippen LogP contribution in [0.1, 0.15) is 51.4 Å². The number of imidazole rings is 2. The van der Waals surface area contributed by atoms with Crippen LogP contribution in [-0.4, -0.2) is 56.6 Å². The second kappa shape index (κ2) is 14.9. The molecule has 12 nitrogen and oxygen atoms in total. The second-order valence-corrected chi connectivity index (χ2v) is 13.2. The second-order valence-electron chi connectivity index (χ2n) is 13.2. The molecule has 0 bridgehead atoms. The quantitative estimate of drug-likeness (QED) is 0.260. The van der Waals surface area contributed by atoms with Crippen LogP contribution in [0.25, 0.3) is 22.1 Å². The predicted molar refractivity (Wildman–Crippen MR) is 178 cm³/mol. The first-order valence-corrected chi connectivity index (χ1v) is 16.5. The summed E-state index contributed by atoms with van der Waals surface area (Å²) in [6.07, 6.45) is 6.09. The number of carbonyl (C=O) groups excluding carboxylic acids is 1.